The molecular weight excluding hydrogens is 412 g/mol. The Morgan fingerprint density at radius 1 is 1.06 bits per heavy atom. The minimum atomic E-state index is -0.848. The van der Waals surface area contributed by atoms with E-state index in [4.69, 9.17) is 28.7 Å². The molecule has 1 aromatic carbocycles. The van der Waals surface area contributed by atoms with Gasteiger partial charge >= 0.3 is 5.97 Å². The maximum Gasteiger partial charge on any atom is 0.340 e. The zero-order chi connectivity index (χ0) is 22.7. The monoisotopic (exact) mass is 446 g/mol. The van der Waals surface area contributed by atoms with Gasteiger partial charge in [-0.05, 0) is 76.1 Å². The Morgan fingerprint density at radius 2 is 1.81 bits per heavy atom. The summed E-state index contributed by atoms with van der Waals surface area (Å²) in [5, 5.41) is 0. The van der Waals surface area contributed by atoms with Crippen LogP contribution in [0, 0.1) is 23.7 Å². The summed E-state index contributed by atoms with van der Waals surface area (Å²) in [6.07, 6.45) is 2.51. The van der Waals surface area contributed by atoms with Gasteiger partial charge < -0.3 is 18.9 Å². The predicted molar refractivity (Wildman–Crippen MR) is 114 cm³/mol. The third kappa shape index (κ3) is 3.54. The Labute approximate surface area is 189 Å². The molecule has 8 atom stereocenters. The van der Waals surface area contributed by atoms with Gasteiger partial charge in [0.05, 0.1) is 11.7 Å². The van der Waals surface area contributed by atoms with Crippen LogP contribution in [0.4, 0.5) is 0 Å². The topological polar surface area (TPSA) is 72.5 Å². The van der Waals surface area contributed by atoms with Crippen LogP contribution >= 0.6 is 0 Å². The third-order valence-electron chi connectivity index (χ3n) is 7.78. The number of rotatable bonds is 4. The molecule has 1 spiro atoms. The number of esters is 1. The molecule has 0 radical (unpaired) electrons. The molecule has 2 bridgehead atoms. The number of carbonyl (C=O) groups excluding carboxylic acids is 1. The van der Waals surface area contributed by atoms with E-state index in [1.807, 2.05) is 20.8 Å². The number of carbonyl (C=O) groups is 1. The summed E-state index contributed by atoms with van der Waals surface area (Å²) in [7, 11) is 0. The molecule has 5 fully saturated rings. The zero-order valence-electron chi connectivity index (χ0n) is 19.5. The average molecular weight is 447 g/mol. The molecule has 7 nitrogen and oxygen atoms in total. The highest BCUT2D eigenvalue weighted by Gasteiger charge is 2.69. The summed E-state index contributed by atoms with van der Waals surface area (Å²) in [5.74, 6) is 0.284. The number of ether oxygens (including phenoxy) is 4. The van der Waals surface area contributed by atoms with Crippen LogP contribution in [0.5, 0.6) is 5.75 Å². The van der Waals surface area contributed by atoms with Gasteiger partial charge in [-0.2, -0.15) is 0 Å². The molecule has 5 aliphatic rings. The highest BCUT2D eigenvalue weighted by atomic mass is 17.3. The smallest absolute Gasteiger partial charge is 0.340 e. The number of benzene rings is 1. The van der Waals surface area contributed by atoms with Gasteiger partial charge in [0, 0.05) is 18.3 Å². The molecule has 4 saturated heterocycles. The lowest BCUT2D eigenvalue weighted by Crippen LogP contribution is -2.70. The highest BCUT2D eigenvalue weighted by Crippen LogP contribution is 2.60. The summed E-state index contributed by atoms with van der Waals surface area (Å²) in [6, 6.07) is 7.00. The van der Waals surface area contributed by atoms with Crippen molar-refractivity contribution in [3.8, 4) is 5.75 Å². The molecule has 4 heterocycles. The van der Waals surface area contributed by atoms with E-state index in [0.29, 0.717) is 11.5 Å². The Morgan fingerprint density at radius 3 is 2.53 bits per heavy atom. The maximum absolute atomic E-state index is 12.9. The molecule has 0 amide bonds. The van der Waals surface area contributed by atoms with Crippen LogP contribution in [0.3, 0.4) is 0 Å². The molecule has 176 valence electrons. The van der Waals surface area contributed by atoms with Crippen molar-refractivity contribution in [1.29, 1.82) is 0 Å². The van der Waals surface area contributed by atoms with E-state index in [-0.39, 0.29) is 23.9 Å². The molecule has 7 heteroatoms. The molecule has 4 aliphatic heterocycles. The second-order valence-corrected chi connectivity index (χ2v) is 10.4. The van der Waals surface area contributed by atoms with E-state index in [9.17, 15) is 4.79 Å². The van der Waals surface area contributed by atoms with E-state index < -0.39 is 29.9 Å². The normalized spacial score (nSPS) is 42.8. The van der Waals surface area contributed by atoms with Gasteiger partial charge in [0.15, 0.2) is 11.9 Å². The molecule has 0 unspecified atom stereocenters. The molecule has 1 saturated carbocycles. The molecule has 1 aliphatic carbocycles. The largest absolute Gasteiger partial charge is 0.491 e. The molecule has 6 rings (SSSR count). The first-order chi connectivity index (χ1) is 15.2. The molecule has 1 aromatic rings. The van der Waals surface area contributed by atoms with E-state index >= 15 is 0 Å². The molecule has 0 N–H and O–H groups in total. The maximum atomic E-state index is 12.9. The SMILES string of the molecule is CC(C)Oc1ccc(C(=O)O[C@@H]2O[C@@H]3O[C@@]4(C)CC[C@@H]5[C@H](C)CC[C@H]([C@H]2C)[C@@]35OO4)cc1. The van der Waals surface area contributed by atoms with Crippen LogP contribution in [0.25, 0.3) is 0 Å². The quantitative estimate of drug-likeness (QED) is 0.484. The zero-order valence-corrected chi connectivity index (χ0v) is 19.5. The standard InChI is InChI=1S/C25H34O7/c1-14(2)27-18-9-7-17(8-10-18)21(26)28-22-16(4)20-11-6-15(3)19-12-13-24(5)30-23(29-22)25(19,20)32-31-24/h7-10,14-16,19-20,22-23H,6,11-13H2,1-5H3/t15-,16-,19-,20-,22-,23-,24-,25-/m1/s1. The van der Waals surface area contributed by atoms with E-state index in [0.717, 1.165) is 31.4 Å². The number of hydrogen-bond acceptors (Lipinski definition) is 7. The summed E-state index contributed by atoms with van der Waals surface area (Å²) in [5.41, 5.74) is -0.201. The summed E-state index contributed by atoms with van der Waals surface area (Å²) in [4.78, 5) is 24.9. The van der Waals surface area contributed by atoms with Crippen molar-refractivity contribution in [3.63, 3.8) is 0 Å². The van der Waals surface area contributed by atoms with Crippen LogP contribution in [-0.2, 0) is 24.0 Å². The summed E-state index contributed by atoms with van der Waals surface area (Å²) < 4.78 is 24.2. The van der Waals surface area contributed by atoms with Crippen molar-refractivity contribution in [3.05, 3.63) is 29.8 Å². The van der Waals surface area contributed by atoms with Crippen LogP contribution in [-0.4, -0.2) is 36.0 Å². The Hall–Kier alpha value is -1.67. The van der Waals surface area contributed by atoms with Gasteiger partial charge in [0.2, 0.25) is 12.1 Å². The van der Waals surface area contributed by atoms with E-state index in [1.165, 1.54) is 0 Å². The van der Waals surface area contributed by atoms with Crippen LogP contribution < -0.4 is 4.74 Å². The van der Waals surface area contributed by atoms with Gasteiger partial charge in [0.1, 0.15) is 5.75 Å². The Balaban J connectivity index is 1.37. The first-order valence-electron chi connectivity index (χ1n) is 11.9. The molecule has 32 heavy (non-hydrogen) atoms. The van der Waals surface area contributed by atoms with Gasteiger partial charge in [0.25, 0.3) is 0 Å². The predicted octanol–water partition coefficient (Wildman–Crippen LogP) is 4.84. The lowest BCUT2D eigenvalue weighted by atomic mass is 9.58. The summed E-state index contributed by atoms with van der Waals surface area (Å²) in [6.45, 7) is 10.2. The molecule has 0 aromatic heterocycles. The van der Waals surface area contributed by atoms with Crippen LogP contribution in [0.2, 0.25) is 0 Å². The van der Waals surface area contributed by atoms with Crippen molar-refractivity contribution in [1.82, 2.24) is 0 Å². The average Bonchev–Trinajstić information content (AvgIpc) is 2.98. The molecular formula is C25H34O7. The van der Waals surface area contributed by atoms with E-state index in [1.54, 1.807) is 24.3 Å². The fraction of sp³-hybridized carbons (Fsp3) is 0.720. The minimum absolute atomic E-state index is 0.0524. The van der Waals surface area contributed by atoms with Gasteiger partial charge in [-0.25, -0.2) is 14.6 Å². The van der Waals surface area contributed by atoms with Crippen molar-refractivity contribution in [2.45, 2.75) is 90.4 Å². The second kappa shape index (κ2) is 7.97. The fourth-order valence-corrected chi connectivity index (χ4v) is 6.12. The summed E-state index contributed by atoms with van der Waals surface area (Å²) >= 11 is 0. The van der Waals surface area contributed by atoms with Crippen LogP contribution in [0.1, 0.15) is 70.7 Å². The Kier molecular flexibility index (Phi) is 5.52. The van der Waals surface area contributed by atoms with Crippen molar-refractivity contribution in [2.24, 2.45) is 23.7 Å². The first-order valence-corrected chi connectivity index (χ1v) is 11.9. The lowest BCUT2D eigenvalue weighted by molar-refractivity contribution is -0.576. The number of hydrogen-bond donors (Lipinski definition) is 0. The number of fused-ring (bicyclic) bond motifs is 2. The first kappa shape index (κ1) is 22.1. The van der Waals surface area contributed by atoms with Gasteiger partial charge in [-0.1, -0.05) is 13.8 Å². The van der Waals surface area contributed by atoms with Gasteiger partial charge in [-0.15, -0.1) is 0 Å². The van der Waals surface area contributed by atoms with Crippen LogP contribution in [0.15, 0.2) is 24.3 Å². The van der Waals surface area contributed by atoms with Crippen molar-refractivity contribution < 1.29 is 33.5 Å². The highest BCUT2D eigenvalue weighted by molar-refractivity contribution is 5.89. The fourth-order valence-electron chi connectivity index (χ4n) is 6.12. The van der Waals surface area contributed by atoms with Crippen molar-refractivity contribution in [2.75, 3.05) is 0 Å². The minimum Gasteiger partial charge on any atom is -0.491 e. The Bertz CT molecular complexity index is 854. The second-order valence-electron chi connectivity index (χ2n) is 10.4. The van der Waals surface area contributed by atoms with E-state index in [2.05, 4.69) is 13.8 Å². The van der Waals surface area contributed by atoms with Crippen molar-refractivity contribution >= 4 is 5.97 Å². The lowest BCUT2D eigenvalue weighted by Gasteiger charge is -2.59. The third-order valence-corrected chi connectivity index (χ3v) is 7.78. The van der Waals surface area contributed by atoms with Gasteiger partial charge in [-0.3, -0.25) is 0 Å².